The van der Waals surface area contributed by atoms with Gasteiger partial charge < -0.3 is 5.32 Å². The number of pyridine rings is 2. The number of fused-ring (bicyclic) bond motifs is 2. The van der Waals surface area contributed by atoms with Crippen LogP contribution in [0.4, 0.5) is 11.4 Å². The number of nitrogens with one attached hydrogen (secondary N) is 1. The fourth-order valence-electron chi connectivity index (χ4n) is 2.65. The number of halogens is 1. The normalized spacial score (nSPS) is 11.0. The van der Waals surface area contributed by atoms with Gasteiger partial charge in [0.05, 0.1) is 0 Å². The number of nitrogens with zero attached hydrogens (tertiary/aromatic N) is 1. The molecule has 0 saturated heterocycles. The minimum Gasteiger partial charge on any atom is -0.355 e. The summed E-state index contributed by atoms with van der Waals surface area (Å²) >= 11 is 6.03. The lowest BCUT2D eigenvalue weighted by Crippen LogP contribution is -2.19. The van der Waals surface area contributed by atoms with E-state index in [9.17, 15) is 0 Å². The Bertz CT molecular complexity index is 979. The largest absolute Gasteiger partial charge is 0.355 e. The van der Waals surface area contributed by atoms with E-state index in [0.717, 1.165) is 16.4 Å². The highest BCUT2D eigenvalue weighted by Crippen LogP contribution is 2.24. The van der Waals surface area contributed by atoms with Crippen molar-refractivity contribution < 1.29 is 4.40 Å². The molecule has 4 rings (SSSR count). The summed E-state index contributed by atoms with van der Waals surface area (Å²) in [6.07, 6.45) is 4.21. The van der Waals surface area contributed by atoms with E-state index in [-0.39, 0.29) is 0 Å². The molecule has 4 aromatic rings. The van der Waals surface area contributed by atoms with Gasteiger partial charge in [0.15, 0.2) is 12.4 Å². The SMILES string of the molecule is Clc1cccc(Nc2ccc3c[n+]4ccccc4cc3c2)c1. The molecule has 2 nitrogen and oxygen atoms in total. The van der Waals surface area contributed by atoms with Crippen LogP contribution in [-0.2, 0) is 0 Å². The van der Waals surface area contributed by atoms with Gasteiger partial charge >= 0.3 is 0 Å². The van der Waals surface area contributed by atoms with Gasteiger partial charge in [-0.15, -0.1) is 0 Å². The van der Waals surface area contributed by atoms with Crippen LogP contribution >= 0.6 is 11.6 Å². The molecule has 0 aliphatic carbocycles. The Hall–Kier alpha value is -2.58. The minimum atomic E-state index is 0.730. The van der Waals surface area contributed by atoms with E-state index in [2.05, 4.69) is 58.5 Å². The first kappa shape index (κ1) is 13.1. The smallest absolute Gasteiger partial charge is 0.211 e. The maximum absolute atomic E-state index is 6.03. The first-order valence-corrected chi connectivity index (χ1v) is 7.52. The molecule has 106 valence electrons. The summed E-state index contributed by atoms with van der Waals surface area (Å²) in [7, 11) is 0. The molecule has 0 spiro atoms. The van der Waals surface area contributed by atoms with Crippen LogP contribution in [0.1, 0.15) is 0 Å². The van der Waals surface area contributed by atoms with Gasteiger partial charge in [0.2, 0.25) is 5.52 Å². The van der Waals surface area contributed by atoms with Crippen LogP contribution in [0.3, 0.4) is 0 Å². The second kappa shape index (κ2) is 5.32. The molecule has 0 bridgehead atoms. The fraction of sp³-hybridized carbons (Fsp3) is 0. The van der Waals surface area contributed by atoms with Crippen molar-refractivity contribution in [2.45, 2.75) is 0 Å². The zero-order chi connectivity index (χ0) is 14.9. The van der Waals surface area contributed by atoms with Gasteiger partial charge in [-0.25, -0.2) is 0 Å². The Labute approximate surface area is 133 Å². The summed E-state index contributed by atoms with van der Waals surface area (Å²) in [5, 5.41) is 6.54. The number of rotatable bonds is 2. The quantitative estimate of drug-likeness (QED) is 0.408. The fourth-order valence-corrected chi connectivity index (χ4v) is 2.84. The molecule has 0 fully saturated rings. The van der Waals surface area contributed by atoms with E-state index in [1.165, 1.54) is 16.3 Å². The molecule has 2 heterocycles. The van der Waals surface area contributed by atoms with Crippen LogP contribution in [0.25, 0.3) is 16.3 Å². The molecule has 2 aromatic heterocycles. The first-order valence-electron chi connectivity index (χ1n) is 7.14. The van der Waals surface area contributed by atoms with Crippen molar-refractivity contribution in [3.05, 3.63) is 84.1 Å². The van der Waals surface area contributed by atoms with E-state index in [4.69, 9.17) is 11.6 Å². The Morgan fingerprint density at radius 1 is 0.773 bits per heavy atom. The van der Waals surface area contributed by atoms with E-state index in [1.807, 2.05) is 30.3 Å². The molecule has 3 heteroatoms. The van der Waals surface area contributed by atoms with Crippen LogP contribution in [0.15, 0.2) is 79.1 Å². The molecule has 0 aliphatic heterocycles. The molecule has 22 heavy (non-hydrogen) atoms. The minimum absolute atomic E-state index is 0.730. The summed E-state index contributed by atoms with van der Waals surface area (Å²) in [6, 6.07) is 22.5. The van der Waals surface area contributed by atoms with E-state index < -0.39 is 0 Å². The number of hydrogen-bond donors (Lipinski definition) is 1. The highest BCUT2D eigenvalue weighted by atomic mass is 35.5. The summed E-state index contributed by atoms with van der Waals surface area (Å²) in [5.41, 5.74) is 3.21. The van der Waals surface area contributed by atoms with Crippen molar-refractivity contribution in [3.63, 3.8) is 0 Å². The van der Waals surface area contributed by atoms with Gasteiger partial charge in [-0.2, -0.15) is 4.40 Å². The molecule has 0 unspecified atom stereocenters. The van der Waals surface area contributed by atoms with Crippen molar-refractivity contribution in [3.8, 4) is 0 Å². The highest BCUT2D eigenvalue weighted by Gasteiger charge is 2.05. The Balaban J connectivity index is 1.78. The summed E-state index contributed by atoms with van der Waals surface area (Å²) in [6.45, 7) is 0. The van der Waals surface area contributed by atoms with Crippen molar-refractivity contribution >= 4 is 39.3 Å². The molecule has 0 aliphatic rings. The topological polar surface area (TPSA) is 16.1 Å². The average molecular weight is 306 g/mol. The third-order valence-electron chi connectivity index (χ3n) is 3.70. The molecular formula is C19H14ClN2+. The standard InChI is InChI=1S/C19H13ClN2/c20-16-4-3-5-17(12-16)21-18-8-7-14-13-22-9-2-1-6-19(22)11-15(14)10-18/h1-13H/p+1. The van der Waals surface area contributed by atoms with Gasteiger partial charge in [-0.3, -0.25) is 0 Å². The van der Waals surface area contributed by atoms with Gasteiger partial charge in [-0.1, -0.05) is 17.7 Å². The van der Waals surface area contributed by atoms with Crippen molar-refractivity contribution in [2.75, 3.05) is 5.32 Å². The van der Waals surface area contributed by atoms with Crippen LogP contribution in [-0.4, -0.2) is 0 Å². The molecular weight excluding hydrogens is 292 g/mol. The van der Waals surface area contributed by atoms with Crippen molar-refractivity contribution in [1.82, 2.24) is 0 Å². The highest BCUT2D eigenvalue weighted by molar-refractivity contribution is 6.30. The average Bonchev–Trinajstić information content (AvgIpc) is 2.53. The Kier molecular flexibility index (Phi) is 3.17. The number of hydrogen-bond acceptors (Lipinski definition) is 1. The lowest BCUT2D eigenvalue weighted by Gasteiger charge is -2.07. The third-order valence-corrected chi connectivity index (χ3v) is 3.94. The second-order valence-electron chi connectivity index (χ2n) is 5.29. The van der Waals surface area contributed by atoms with Gasteiger partial charge in [0, 0.05) is 40.0 Å². The van der Waals surface area contributed by atoms with Crippen LogP contribution < -0.4 is 9.72 Å². The Morgan fingerprint density at radius 3 is 2.59 bits per heavy atom. The first-order chi connectivity index (χ1) is 10.8. The third kappa shape index (κ3) is 2.49. The zero-order valence-corrected chi connectivity index (χ0v) is 12.6. The lowest BCUT2D eigenvalue weighted by atomic mass is 10.1. The van der Waals surface area contributed by atoms with E-state index in [1.54, 1.807) is 0 Å². The molecule has 0 saturated carbocycles. The van der Waals surface area contributed by atoms with Crippen molar-refractivity contribution in [1.29, 1.82) is 0 Å². The maximum Gasteiger partial charge on any atom is 0.211 e. The summed E-state index contributed by atoms with van der Waals surface area (Å²) in [5.74, 6) is 0. The van der Waals surface area contributed by atoms with Gasteiger partial charge in [-0.05, 0) is 47.9 Å². The Morgan fingerprint density at radius 2 is 1.68 bits per heavy atom. The summed E-state index contributed by atoms with van der Waals surface area (Å²) in [4.78, 5) is 0. The molecule has 2 aromatic carbocycles. The number of anilines is 2. The van der Waals surface area contributed by atoms with Gasteiger partial charge in [0.1, 0.15) is 0 Å². The second-order valence-corrected chi connectivity index (χ2v) is 5.72. The number of aromatic nitrogens is 1. The number of benzene rings is 2. The molecule has 1 N–H and O–H groups in total. The van der Waals surface area contributed by atoms with Crippen LogP contribution in [0, 0.1) is 0 Å². The maximum atomic E-state index is 6.03. The van der Waals surface area contributed by atoms with Crippen LogP contribution in [0.5, 0.6) is 0 Å². The molecule has 0 amide bonds. The van der Waals surface area contributed by atoms with Crippen LogP contribution in [0.2, 0.25) is 5.02 Å². The van der Waals surface area contributed by atoms with Gasteiger partial charge in [0.25, 0.3) is 0 Å². The lowest BCUT2D eigenvalue weighted by molar-refractivity contribution is -0.510. The predicted molar refractivity (Wildman–Crippen MR) is 91.8 cm³/mol. The monoisotopic (exact) mass is 305 g/mol. The zero-order valence-electron chi connectivity index (χ0n) is 11.8. The summed E-state index contributed by atoms with van der Waals surface area (Å²) < 4.78 is 2.13. The molecule has 0 radical (unpaired) electrons. The van der Waals surface area contributed by atoms with E-state index in [0.29, 0.717) is 0 Å². The molecule has 0 atom stereocenters. The van der Waals surface area contributed by atoms with Crippen molar-refractivity contribution in [2.24, 2.45) is 0 Å². The van der Waals surface area contributed by atoms with E-state index >= 15 is 0 Å². The predicted octanol–water partition coefficient (Wildman–Crippen LogP) is 4.98.